The van der Waals surface area contributed by atoms with Gasteiger partial charge in [-0.2, -0.15) is 0 Å². The first-order valence-corrected chi connectivity index (χ1v) is 12.6. The van der Waals surface area contributed by atoms with Crippen molar-refractivity contribution in [1.29, 1.82) is 0 Å². The summed E-state index contributed by atoms with van der Waals surface area (Å²) in [6, 6.07) is 37.9. The molecule has 0 atom stereocenters. The average molecular weight is 502 g/mol. The average Bonchev–Trinajstić information content (AvgIpc) is 2.92. The number of hydrogen-bond donors (Lipinski definition) is 5. The third kappa shape index (κ3) is 7.31. The summed E-state index contributed by atoms with van der Waals surface area (Å²) in [7, 11) is 0. The number of rotatable bonds is 6. The molecule has 10 N–H and O–H groups in total. The van der Waals surface area contributed by atoms with Crippen LogP contribution in [0.15, 0.2) is 115 Å². The molecule has 5 nitrogen and oxygen atoms in total. The zero-order valence-corrected chi connectivity index (χ0v) is 21.5. The topological polar surface area (TPSA) is 130 Å². The SMILES string of the molecule is Nc1ccc(Cc2ccc(N)c(Cc3ccc(N)cc3)c2)cc1.Nc1ccccc1Cc1ccccc1N. The number of nitrogens with two attached hydrogens (primary N) is 5. The van der Waals surface area contributed by atoms with Gasteiger partial charge in [-0.05, 0) is 88.7 Å². The second kappa shape index (κ2) is 12.4. The molecule has 0 radical (unpaired) electrons. The molecule has 0 amide bonds. The smallest absolute Gasteiger partial charge is 0.0350 e. The molecule has 0 unspecified atom stereocenters. The van der Waals surface area contributed by atoms with Crippen LogP contribution in [0.2, 0.25) is 0 Å². The first kappa shape index (κ1) is 26.2. The summed E-state index contributed by atoms with van der Waals surface area (Å²) in [5.41, 5.74) is 40.5. The fourth-order valence-corrected chi connectivity index (χ4v) is 4.24. The lowest BCUT2D eigenvalue weighted by atomic mass is 9.97. The molecule has 5 aromatic rings. The molecule has 0 heterocycles. The van der Waals surface area contributed by atoms with Crippen molar-refractivity contribution in [3.05, 3.63) is 149 Å². The fourth-order valence-electron chi connectivity index (χ4n) is 4.24. The fraction of sp³-hybridized carbons (Fsp3) is 0.0909. The van der Waals surface area contributed by atoms with Gasteiger partial charge in [-0.25, -0.2) is 0 Å². The number of hydrogen-bond acceptors (Lipinski definition) is 5. The Hall–Kier alpha value is -4.90. The second-order valence-electron chi connectivity index (χ2n) is 9.44. The minimum atomic E-state index is 0.777. The summed E-state index contributed by atoms with van der Waals surface area (Å²) in [6.07, 6.45) is 2.47. The normalized spacial score (nSPS) is 10.4. The van der Waals surface area contributed by atoms with E-state index in [9.17, 15) is 0 Å². The van der Waals surface area contributed by atoms with Crippen LogP contribution in [0.5, 0.6) is 0 Å². The van der Waals surface area contributed by atoms with E-state index < -0.39 is 0 Å². The molecule has 0 bridgehead atoms. The second-order valence-corrected chi connectivity index (χ2v) is 9.44. The van der Waals surface area contributed by atoms with Gasteiger partial charge in [-0.3, -0.25) is 0 Å². The van der Waals surface area contributed by atoms with E-state index in [4.69, 9.17) is 28.7 Å². The maximum absolute atomic E-state index is 6.14. The van der Waals surface area contributed by atoms with Crippen molar-refractivity contribution in [2.24, 2.45) is 0 Å². The van der Waals surface area contributed by atoms with Gasteiger partial charge in [-0.15, -0.1) is 0 Å². The molecule has 0 spiro atoms. The van der Waals surface area contributed by atoms with Gasteiger partial charge in [0.2, 0.25) is 0 Å². The van der Waals surface area contributed by atoms with Gasteiger partial charge in [-0.1, -0.05) is 72.8 Å². The lowest BCUT2D eigenvalue weighted by Crippen LogP contribution is -1.99. The van der Waals surface area contributed by atoms with Gasteiger partial charge in [0.25, 0.3) is 0 Å². The van der Waals surface area contributed by atoms with E-state index in [2.05, 4.69) is 24.3 Å². The van der Waals surface area contributed by atoms with Crippen LogP contribution >= 0.6 is 0 Å². The predicted octanol–water partition coefficient (Wildman–Crippen LogP) is 6.06. The van der Waals surface area contributed by atoms with Crippen molar-refractivity contribution in [2.45, 2.75) is 19.3 Å². The zero-order chi connectivity index (χ0) is 26.9. The molecule has 0 aromatic heterocycles. The molecule has 0 saturated carbocycles. The molecular weight excluding hydrogens is 466 g/mol. The summed E-state index contributed by atoms with van der Waals surface area (Å²) >= 11 is 0. The molecule has 5 aromatic carbocycles. The quantitative estimate of drug-likeness (QED) is 0.181. The molecule has 0 aliphatic carbocycles. The summed E-state index contributed by atoms with van der Waals surface area (Å²) < 4.78 is 0. The van der Waals surface area contributed by atoms with E-state index in [-0.39, 0.29) is 0 Å². The van der Waals surface area contributed by atoms with Crippen LogP contribution in [0, 0.1) is 0 Å². The van der Waals surface area contributed by atoms with Crippen molar-refractivity contribution in [1.82, 2.24) is 0 Å². The highest BCUT2D eigenvalue weighted by atomic mass is 14.6. The maximum atomic E-state index is 6.14. The van der Waals surface area contributed by atoms with Crippen molar-refractivity contribution in [3.63, 3.8) is 0 Å². The number of benzene rings is 5. The molecule has 0 fully saturated rings. The highest BCUT2D eigenvalue weighted by Crippen LogP contribution is 2.22. The van der Waals surface area contributed by atoms with Crippen LogP contribution in [-0.4, -0.2) is 0 Å². The van der Waals surface area contributed by atoms with Crippen LogP contribution in [-0.2, 0) is 19.3 Å². The largest absolute Gasteiger partial charge is 0.399 e. The Morgan fingerprint density at radius 3 is 1.26 bits per heavy atom. The first-order chi connectivity index (χ1) is 18.4. The lowest BCUT2D eigenvalue weighted by molar-refractivity contribution is 1.14. The molecule has 0 saturated heterocycles. The van der Waals surface area contributed by atoms with Crippen molar-refractivity contribution in [2.75, 3.05) is 28.7 Å². The first-order valence-electron chi connectivity index (χ1n) is 12.6. The molecule has 192 valence electrons. The van der Waals surface area contributed by atoms with E-state index in [0.717, 1.165) is 64.4 Å². The van der Waals surface area contributed by atoms with Gasteiger partial charge in [0, 0.05) is 34.9 Å². The Bertz CT molecular complexity index is 1430. The van der Waals surface area contributed by atoms with E-state index >= 15 is 0 Å². The van der Waals surface area contributed by atoms with Crippen molar-refractivity contribution >= 4 is 28.4 Å². The van der Waals surface area contributed by atoms with E-state index in [1.165, 1.54) is 16.7 Å². The lowest BCUT2D eigenvalue weighted by Gasteiger charge is -2.10. The highest BCUT2D eigenvalue weighted by molar-refractivity contribution is 5.54. The van der Waals surface area contributed by atoms with Crippen LogP contribution < -0.4 is 28.7 Å². The molecule has 38 heavy (non-hydrogen) atoms. The minimum absolute atomic E-state index is 0.777. The Morgan fingerprint density at radius 1 is 0.342 bits per heavy atom. The van der Waals surface area contributed by atoms with Crippen LogP contribution in [0.1, 0.15) is 33.4 Å². The molecular formula is C33H35N5. The number of para-hydroxylation sites is 2. The maximum Gasteiger partial charge on any atom is 0.0350 e. The van der Waals surface area contributed by atoms with Crippen LogP contribution in [0.4, 0.5) is 28.4 Å². The summed E-state index contributed by atoms with van der Waals surface area (Å²) in [5.74, 6) is 0. The number of anilines is 5. The third-order valence-corrected chi connectivity index (χ3v) is 6.46. The van der Waals surface area contributed by atoms with Gasteiger partial charge < -0.3 is 28.7 Å². The molecule has 0 aliphatic heterocycles. The minimum Gasteiger partial charge on any atom is -0.399 e. The van der Waals surface area contributed by atoms with E-state index in [0.29, 0.717) is 0 Å². The molecule has 5 rings (SSSR count). The monoisotopic (exact) mass is 501 g/mol. The Kier molecular flexibility index (Phi) is 8.52. The third-order valence-electron chi connectivity index (χ3n) is 6.46. The summed E-state index contributed by atoms with van der Waals surface area (Å²) in [5, 5.41) is 0. The van der Waals surface area contributed by atoms with Gasteiger partial charge in [0.1, 0.15) is 0 Å². The van der Waals surface area contributed by atoms with E-state index in [1.807, 2.05) is 91.0 Å². The van der Waals surface area contributed by atoms with Gasteiger partial charge in [0.05, 0.1) is 0 Å². The van der Waals surface area contributed by atoms with Gasteiger partial charge >= 0.3 is 0 Å². The zero-order valence-electron chi connectivity index (χ0n) is 21.5. The summed E-state index contributed by atoms with van der Waals surface area (Å²) in [4.78, 5) is 0. The Morgan fingerprint density at radius 2 is 0.763 bits per heavy atom. The Balaban J connectivity index is 0.000000194. The van der Waals surface area contributed by atoms with Crippen LogP contribution in [0.3, 0.4) is 0 Å². The highest BCUT2D eigenvalue weighted by Gasteiger charge is 2.05. The molecule has 5 heteroatoms. The van der Waals surface area contributed by atoms with Crippen LogP contribution in [0.25, 0.3) is 0 Å². The number of nitrogen functional groups attached to an aromatic ring is 5. The van der Waals surface area contributed by atoms with Crippen molar-refractivity contribution < 1.29 is 0 Å². The molecule has 0 aliphatic rings. The standard InChI is InChI=1S/C20H21N3.C13H14N2/c21-18-6-1-14(2-7-18)11-16-5-10-20(23)17(13-16)12-15-3-8-19(22)9-4-15;14-12-7-3-1-5-10(12)9-11-6-2-4-8-13(11)15/h1-10,13H,11-12,21-23H2;1-8H,9,14-15H2. The summed E-state index contributed by atoms with van der Waals surface area (Å²) in [6.45, 7) is 0. The Labute approximate surface area is 224 Å². The van der Waals surface area contributed by atoms with Crippen molar-refractivity contribution in [3.8, 4) is 0 Å². The van der Waals surface area contributed by atoms with E-state index in [1.54, 1.807) is 0 Å². The predicted molar refractivity (Wildman–Crippen MR) is 163 cm³/mol. The van der Waals surface area contributed by atoms with Gasteiger partial charge in [0.15, 0.2) is 0 Å².